The molecular formula is C18H19N3O3. The van der Waals surface area contributed by atoms with E-state index < -0.39 is 11.6 Å². The van der Waals surface area contributed by atoms with E-state index in [9.17, 15) is 9.59 Å². The minimum absolute atomic E-state index is 0.155. The number of imidazole rings is 1. The lowest BCUT2D eigenvalue weighted by Gasteiger charge is -2.19. The summed E-state index contributed by atoms with van der Waals surface area (Å²) in [5.41, 5.74) is 0.890. The van der Waals surface area contributed by atoms with E-state index in [0.717, 1.165) is 0 Å². The highest BCUT2D eigenvalue weighted by Gasteiger charge is 2.21. The van der Waals surface area contributed by atoms with E-state index >= 15 is 0 Å². The van der Waals surface area contributed by atoms with Crippen LogP contribution in [0.1, 0.15) is 20.8 Å². The number of para-hydroxylation sites is 1. The molecule has 3 aromatic rings. The molecule has 6 nitrogen and oxygen atoms in total. The number of fused-ring (bicyclic) bond motifs is 1. The van der Waals surface area contributed by atoms with Crippen LogP contribution in [0.3, 0.4) is 0 Å². The van der Waals surface area contributed by atoms with Gasteiger partial charge in [0.05, 0.1) is 11.2 Å². The van der Waals surface area contributed by atoms with Gasteiger partial charge < -0.3 is 4.74 Å². The van der Waals surface area contributed by atoms with Gasteiger partial charge in [-0.05, 0) is 45.0 Å². The lowest BCUT2D eigenvalue weighted by Crippen LogP contribution is -2.31. The van der Waals surface area contributed by atoms with Crippen molar-refractivity contribution in [1.29, 1.82) is 0 Å². The molecule has 0 spiro atoms. The molecule has 0 fully saturated rings. The molecule has 0 saturated carbocycles. The van der Waals surface area contributed by atoms with E-state index in [2.05, 4.69) is 4.98 Å². The van der Waals surface area contributed by atoms with Crippen LogP contribution in [-0.4, -0.2) is 25.7 Å². The fourth-order valence-electron chi connectivity index (χ4n) is 2.55. The maximum absolute atomic E-state index is 12.9. The average molecular weight is 325 g/mol. The standard InChI is InChI=1S/C18H19N3O3/c1-18(2,3)24-15(22)12-20-14-10-7-11-19-16(14)21(17(20)23)13-8-5-4-6-9-13/h4-11H,12H2,1-3H3. The predicted octanol–water partition coefficient (Wildman–Crippen LogP) is 2.53. The number of hydrogen-bond acceptors (Lipinski definition) is 4. The third-order valence-electron chi connectivity index (χ3n) is 3.41. The van der Waals surface area contributed by atoms with Crippen molar-refractivity contribution in [3.05, 3.63) is 59.1 Å². The van der Waals surface area contributed by atoms with E-state index in [1.165, 1.54) is 9.13 Å². The molecule has 24 heavy (non-hydrogen) atoms. The van der Waals surface area contributed by atoms with Crippen molar-refractivity contribution in [2.45, 2.75) is 32.9 Å². The zero-order valence-corrected chi connectivity index (χ0v) is 13.9. The summed E-state index contributed by atoms with van der Waals surface area (Å²) in [5, 5.41) is 0. The SMILES string of the molecule is CC(C)(C)OC(=O)Cn1c(=O)n(-c2ccccc2)c2ncccc21. The zero-order chi connectivity index (χ0) is 17.3. The fourth-order valence-corrected chi connectivity index (χ4v) is 2.55. The van der Waals surface area contributed by atoms with Gasteiger partial charge in [0.25, 0.3) is 0 Å². The second-order valence-electron chi connectivity index (χ2n) is 6.47. The number of aromatic nitrogens is 3. The van der Waals surface area contributed by atoms with Crippen LogP contribution in [0.5, 0.6) is 0 Å². The Bertz CT molecular complexity index is 934. The second-order valence-corrected chi connectivity index (χ2v) is 6.47. The highest BCUT2D eigenvalue weighted by molar-refractivity contribution is 5.77. The Labute approximate surface area is 139 Å². The van der Waals surface area contributed by atoms with Crippen molar-refractivity contribution in [2.75, 3.05) is 0 Å². The first-order valence-electron chi connectivity index (χ1n) is 7.70. The topological polar surface area (TPSA) is 66.1 Å². The predicted molar refractivity (Wildman–Crippen MR) is 91.2 cm³/mol. The molecule has 0 aliphatic rings. The van der Waals surface area contributed by atoms with Gasteiger partial charge in [-0.1, -0.05) is 18.2 Å². The summed E-state index contributed by atoms with van der Waals surface area (Å²) in [6.07, 6.45) is 1.62. The highest BCUT2D eigenvalue weighted by Crippen LogP contribution is 2.16. The Kier molecular flexibility index (Phi) is 3.97. The largest absolute Gasteiger partial charge is 0.459 e. The van der Waals surface area contributed by atoms with Crippen LogP contribution in [0.25, 0.3) is 16.9 Å². The molecule has 0 unspecified atom stereocenters. The van der Waals surface area contributed by atoms with E-state index in [1.54, 1.807) is 39.1 Å². The van der Waals surface area contributed by atoms with Crippen molar-refractivity contribution in [2.24, 2.45) is 0 Å². The molecular weight excluding hydrogens is 306 g/mol. The number of nitrogens with zero attached hydrogens (tertiary/aromatic N) is 3. The number of benzene rings is 1. The molecule has 0 amide bonds. The van der Waals surface area contributed by atoms with Crippen LogP contribution in [0, 0.1) is 0 Å². The minimum Gasteiger partial charge on any atom is -0.459 e. The highest BCUT2D eigenvalue weighted by atomic mass is 16.6. The van der Waals surface area contributed by atoms with Crippen molar-refractivity contribution < 1.29 is 9.53 Å². The third kappa shape index (κ3) is 3.08. The zero-order valence-electron chi connectivity index (χ0n) is 13.9. The van der Waals surface area contributed by atoms with Gasteiger partial charge in [-0.2, -0.15) is 0 Å². The van der Waals surface area contributed by atoms with Gasteiger partial charge in [0.1, 0.15) is 12.1 Å². The van der Waals surface area contributed by atoms with Crippen LogP contribution >= 0.6 is 0 Å². The summed E-state index contributed by atoms with van der Waals surface area (Å²) >= 11 is 0. The van der Waals surface area contributed by atoms with E-state index in [4.69, 9.17) is 4.74 Å². The van der Waals surface area contributed by atoms with E-state index in [0.29, 0.717) is 16.9 Å². The molecule has 0 aliphatic carbocycles. The summed E-state index contributed by atoms with van der Waals surface area (Å²) < 4.78 is 8.22. The smallest absolute Gasteiger partial charge is 0.335 e. The van der Waals surface area contributed by atoms with Gasteiger partial charge in [0.15, 0.2) is 5.65 Å². The molecule has 2 heterocycles. The number of esters is 1. The number of carbonyl (C=O) groups excluding carboxylic acids is 1. The molecule has 6 heteroatoms. The molecule has 0 radical (unpaired) electrons. The summed E-state index contributed by atoms with van der Waals surface area (Å²) in [4.78, 5) is 29.3. The average Bonchev–Trinajstić information content (AvgIpc) is 2.79. The monoisotopic (exact) mass is 325 g/mol. The lowest BCUT2D eigenvalue weighted by molar-refractivity contribution is -0.155. The summed E-state index contributed by atoms with van der Waals surface area (Å²) in [6.45, 7) is 5.23. The van der Waals surface area contributed by atoms with Crippen molar-refractivity contribution in [3.63, 3.8) is 0 Å². The van der Waals surface area contributed by atoms with Crippen LogP contribution in [0.15, 0.2) is 53.5 Å². The molecule has 0 N–H and O–H groups in total. The Hall–Kier alpha value is -2.89. The van der Waals surface area contributed by atoms with Crippen LogP contribution < -0.4 is 5.69 Å². The Morgan fingerprint density at radius 1 is 1.12 bits per heavy atom. The molecule has 3 rings (SSSR count). The van der Waals surface area contributed by atoms with Crippen LogP contribution in [0.2, 0.25) is 0 Å². The Balaban J connectivity index is 2.11. The maximum Gasteiger partial charge on any atom is 0.335 e. The van der Waals surface area contributed by atoms with E-state index in [1.807, 2.05) is 30.3 Å². The minimum atomic E-state index is -0.600. The van der Waals surface area contributed by atoms with Gasteiger partial charge in [-0.25, -0.2) is 14.3 Å². The first-order chi connectivity index (χ1) is 11.4. The van der Waals surface area contributed by atoms with Gasteiger partial charge in [-0.3, -0.25) is 9.36 Å². The number of hydrogen-bond donors (Lipinski definition) is 0. The van der Waals surface area contributed by atoms with Crippen molar-refractivity contribution in [1.82, 2.24) is 14.1 Å². The van der Waals surface area contributed by atoms with Gasteiger partial charge in [0, 0.05) is 6.20 Å². The van der Waals surface area contributed by atoms with Gasteiger partial charge in [-0.15, -0.1) is 0 Å². The first-order valence-corrected chi connectivity index (χ1v) is 7.70. The van der Waals surface area contributed by atoms with Crippen LogP contribution in [-0.2, 0) is 16.1 Å². The summed E-state index contributed by atoms with van der Waals surface area (Å²) in [5.74, 6) is -0.458. The van der Waals surface area contributed by atoms with Gasteiger partial charge in [0.2, 0.25) is 0 Å². The molecule has 2 aromatic heterocycles. The molecule has 0 saturated heterocycles. The summed E-state index contributed by atoms with van der Waals surface area (Å²) in [6, 6.07) is 12.7. The third-order valence-corrected chi connectivity index (χ3v) is 3.41. The Morgan fingerprint density at radius 3 is 2.50 bits per heavy atom. The molecule has 0 atom stereocenters. The number of ether oxygens (including phenoxy) is 1. The number of rotatable bonds is 3. The lowest BCUT2D eigenvalue weighted by atomic mass is 10.2. The molecule has 1 aromatic carbocycles. The number of pyridine rings is 1. The quantitative estimate of drug-likeness (QED) is 0.694. The first kappa shape index (κ1) is 16.0. The van der Waals surface area contributed by atoms with Crippen molar-refractivity contribution in [3.8, 4) is 5.69 Å². The fraction of sp³-hybridized carbons (Fsp3) is 0.278. The van der Waals surface area contributed by atoms with Gasteiger partial charge >= 0.3 is 11.7 Å². The van der Waals surface area contributed by atoms with Crippen molar-refractivity contribution >= 4 is 17.1 Å². The number of carbonyl (C=O) groups is 1. The van der Waals surface area contributed by atoms with E-state index in [-0.39, 0.29) is 12.2 Å². The normalized spacial score (nSPS) is 11.6. The van der Waals surface area contributed by atoms with Crippen LogP contribution in [0.4, 0.5) is 0 Å². The second kappa shape index (κ2) is 5.96. The maximum atomic E-state index is 12.9. The molecule has 0 bridgehead atoms. The molecule has 0 aliphatic heterocycles. The summed E-state index contributed by atoms with van der Waals surface area (Å²) in [7, 11) is 0. The molecule has 124 valence electrons. The Morgan fingerprint density at radius 2 is 1.83 bits per heavy atom.